The van der Waals surface area contributed by atoms with Crippen molar-refractivity contribution in [2.75, 3.05) is 26.2 Å². The number of amides is 2. The van der Waals surface area contributed by atoms with E-state index in [1.54, 1.807) is 0 Å². The number of carbonyl (C=O) groups is 2. The van der Waals surface area contributed by atoms with Crippen molar-refractivity contribution in [3.63, 3.8) is 0 Å². The number of carbonyl (C=O) groups excluding carboxylic acids is 2. The van der Waals surface area contributed by atoms with Crippen LogP contribution >= 0.6 is 0 Å². The monoisotopic (exact) mass is 347 g/mol. The molecule has 5 nitrogen and oxygen atoms in total. The summed E-state index contributed by atoms with van der Waals surface area (Å²) >= 11 is 0. The Bertz CT molecular complexity index is 548. The van der Waals surface area contributed by atoms with Crippen LogP contribution in [-0.2, 0) is 4.79 Å². The fourth-order valence-corrected chi connectivity index (χ4v) is 2.93. The van der Waals surface area contributed by atoms with Crippen LogP contribution in [0.3, 0.4) is 0 Å². The summed E-state index contributed by atoms with van der Waals surface area (Å²) in [4.78, 5) is 26.5. The molecule has 1 atom stereocenters. The van der Waals surface area contributed by atoms with Crippen LogP contribution in [0.5, 0.6) is 0 Å². The molecule has 0 aliphatic carbocycles. The Hall–Kier alpha value is -1.88. The van der Waals surface area contributed by atoms with Crippen molar-refractivity contribution in [2.24, 2.45) is 0 Å². The largest absolute Gasteiger partial charge is 0.352 e. The zero-order chi connectivity index (χ0) is 18.8. The van der Waals surface area contributed by atoms with Crippen molar-refractivity contribution >= 4 is 11.8 Å². The van der Waals surface area contributed by atoms with Gasteiger partial charge < -0.3 is 15.5 Å². The van der Waals surface area contributed by atoms with Crippen LogP contribution in [0.1, 0.15) is 55.1 Å². The summed E-state index contributed by atoms with van der Waals surface area (Å²) in [5.41, 5.74) is 2.67. The van der Waals surface area contributed by atoms with E-state index >= 15 is 0 Å². The van der Waals surface area contributed by atoms with E-state index in [4.69, 9.17) is 0 Å². The fourth-order valence-electron chi connectivity index (χ4n) is 2.93. The maximum absolute atomic E-state index is 12.2. The summed E-state index contributed by atoms with van der Waals surface area (Å²) in [6.45, 7) is 13.4. The molecule has 0 radical (unpaired) electrons. The van der Waals surface area contributed by atoms with Crippen LogP contribution in [0, 0.1) is 13.8 Å². The predicted octanol–water partition coefficient (Wildman–Crippen LogP) is 2.66. The average Bonchev–Trinajstić information content (AvgIpc) is 2.55. The van der Waals surface area contributed by atoms with Crippen molar-refractivity contribution in [1.82, 2.24) is 15.5 Å². The minimum atomic E-state index is -0.212. The molecule has 0 saturated heterocycles. The SMILES string of the molecule is CCN(CC)CCC[C@@H](C)NC(=O)CNC(=O)c1cc(C)cc(C)c1. The smallest absolute Gasteiger partial charge is 0.251 e. The lowest BCUT2D eigenvalue weighted by molar-refractivity contribution is -0.120. The topological polar surface area (TPSA) is 61.4 Å². The van der Waals surface area contributed by atoms with Gasteiger partial charge in [0.2, 0.25) is 5.91 Å². The van der Waals surface area contributed by atoms with Gasteiger partial charge in [-0.3, -0.25) is 9.59 Å². The molecule has 0 aromatic heterocycles. The molecular formula is C20H33N3O2. The van der Waals surface area contributed by atoms with Gasteiger partial charge in [-0.15, -0.1) is 0 Å². The van der Waals surface area contributed by atoms with Crippen molar-refractivity contribution in [2.45, 2.75) is 53.5 Å². The normalized spacial score (nSPS) is 12.1. The molecule has 5 heteroatoms. The zero-order valence-corrected chi connectivity index (χ0v) is 16.3. The molecule has 1 aromatic rings. The molecule has 0 heterocycles. The zero-order valence-electron chi connectivity index (χ0n) is 16.3. The van der Waals surface area contributed by atoms with Crippen molar-refractivity contribution in [1.29, 1.82) is 0 Å². The highest BCUT2D eigenvalue weighted by molar-refractivity contribution is 5.96. The van der Waals surface area contributed by atoms with E-state index in [1.807, 2.05) is 39.0 Å². The van der Waals surface area contributed by atoms with E-state index in [-0.39, 0.29) is 24.4 Å². The molecule has 25 heavy (non-hydrogen) atoms. The Balaban J connectivity index is 2.32. The molecule has 0 saturated carbocycles. The van der Waals surface area contributed by atoms with Crippen molar-refractivity contribution in [3.8, 4) is 0 Å². The molecule has 1 aromatic carbocycles. The lowest BCUT2D eigenvalue weighted by Gasteiger charge is -2.19. The first-order chi connectivity index (χ1) is 11.8. The van der Waals surface area contributed by atoms with Gasteiger partial charge in [-0.05, 0) is 65.4 Å². The molecule has 0 fully saturated rings. The second-order valence-electron chi connectivity index (χ2n) is 6.70. The fraction of sp³-hybridized carbons (Fsp3) is 0.600. The minimum absolute atomic E-state index is 0.00616. The van der Waals surface area contributed by atoms with E-state index in [0.29, 0.717) is 5.56 Å². The van der Waals surface area contributed by atoms with Gasteiger partial charge in [0.15, 0.2) is 0 Å². The Kier molecular flexibility index (Phi) is 9.21. The Morgan fingerprint density at radius 3 is 2.24 bits per heavy atom. The van der Waals surface area contributed by atoms with Gasteiger partial charge in [-0.25, -0.2) is 0 Å². The third-order valence-electron chi connectivity index (χ3n) is 4.31. The quantitative estimate of drug-likeness (QED) is 0.684. The molecule has 0 spiro atoms. The molecule has 2 N–H and O–H groups in total. The molecule has 140 valence electrons. The van der Waals surface area contributed by atoms with E-state index in [9.17, 15) is 9.59 Å². The number of nitrogens with zero attached hydrogens (tertiary/aromatic N) is 1. The maximum Gasteiger partial charge on any atom is 0.251 e. The van der Waals surface area contributed by atoms with Crippen molar-refractivity contribution in [3.05, 3.63) is 34.9 Å². The maximum atomic E-state index is 12.2. The van der Waals surface area contributed by atoms with Gasteiger partial charge in [-0.2, -0.15) is 0 Å². The van der Waals surface area contributed by atoms with Crippen LogP contribution in [0.25, 0.3) is 0 Å². The summed E-state index contributed by atoms with van der Waals surface area (Å²) in [5.74, 6) is -0.357. The standard InChI is InChI=1S/C20H33N3O2/c1-6-23(7-2)10-8-9-17(5)22-19(24)14-21-20(25)18-12-15(3)11-16(4)13-18/h11-13,17H,6-10,14H2,1-5H3,(H,21,25)(H,22,24)/t17-/m1/s1. The third kappa shape index (κ3) is 8.16. The van der Waals surface area contributed by atoms with Crippen LogP contribution < -0.4 is 10.6 Å². The van der Waals surface area contributed by atoms with Gasteiger partial charge in [-0.1, -0.05) is 31.0 Å². The number of nitrogens with one attached hydrogen (secondary N) is 2. The molecular weight excluding hydrogens is 314 g/mol. The molecule has 0 aliphatic rings. The van der Waals surface area contributed by atoms with Crippen LogP contribution in [0.2, 0.25) is 0 Å². The van der Waals surface area contributed by atoms with E-state index in [1.165, 1.54) is 0 Å². The van der Waals surface area contributed by atoms with Crippen LogP contribution in [0.15, 0.2) is 18.2 Å². The average molecular weight is 348 g/mol. The molecule has 0 aliphatic heterocycles. The molecule has 0 bridgehead atoms. The summed E-state index contributed by atoms with van der Waals surface area (Å²) < 4.78 is 0. The van der Waals surface area contributed by atoms with Crippen LogP contribution in [0.4, 0.5) is 0 Å². The lowest BCUT2D eigenvalue weighted by atomic mass is 10.1. The number of benzene rings is 1. The number of hydrogen-bond donors (Lipinski definition) is 2. The molecule has 2 amide bonds. The van der Waals surface area contributed by atoms with E-state index < -0.39 is 0 Å². The van der Waals surface area contributed by atoms with Gasteiger partial charge >= 0.3 is 0 Å². The van der Waals surface area contributed by atoms with Crippen LogP contribution in [-0.4, -0.2) is 48.9 Å². The van der Waals surface area contributed by atoms with E-state index in [0.717, 1.165) is 43.6 Å². The predicted molar refractivity (Wildman–Crippen MR) is 103 cm³/mol. The Morgan fingerprint density at radius 2 is 1.68 bits per heavy atom. The Morgan fingerprint density at radius 1 is 1.08 bits per heavy atom. The van der Waals surface area contributed by atoms with Gasteiger partial charge in [0, 0.05) is 11.6 Å². The first-order valence-corrected chi connectivity index (χ1v) is 9.23. The summed E-state index contributed by atoms with van der Waals surface area (Å²) in [6.07, 6.45) is 1.99. The third-order valence-corrected chi connectivity index (χ3v) is 4.31. The van der Waals surface area contributed by atoms with Crippen molar-refractivity contribution < 1.29 is 9.59 Å². The highest BCUT2D eigenvalue weighted by Crippen LogP contribution is 2.08. The first-order valence-electron chi connectivity index (χ1n) is 9.23. The van der Waals surface area contributed by atoms with Gasteiger partial charge in [0.1, 0.15) is 0 Å². The highest BCUT2D eigenvalue weighted by atomic mass is 16.2. The van der Waals surface area contributed by atoms with Gasteiger partial charge in [0.05, 0.1) is 6.54 Å². The first kappa shape index (κ1) is 21.2. The number of hydrogen-bond acceptors (Lipinski definition) is 3. The summed E-state index contributed by atoms with van der Waals surface area (Å²) in [6, 6.07) is 5.79. The second kappa shape index (κ2) is 10.9. The number of rotatable bonds is 10. The lowest BCUT2D eigenvalue weighted by Crippen LogP contribution is -2.41. The van der Waals surface area contributed by atoms with Gasteiger partial charge in [0.25, 0.3) is 5.91 Å². The Labute approximate surface area is 152 Å². The molecule has 1 rings (SSSR count). The minimum Gasteiger partial charge on any atom is -0.352 e. The summed E-state index contributed by atoms with van der Waals surface area (Å²) in [7, 11) is 0. The molecule has 0 unspecified atom stereocenters. The van der Waals surface area contributed by atoms with E-state index in [2.05, 4.69) is 29.4 Å². The second-order valence-corrected chi connectivity index (χ2v) is 6.70. The number of aryl methyl sites for hydroxylation is 2. The highest BCUT2D eigenvalue weighted by Gasteiger charge is 2.11. The summed E-state index contributed by atoms with van der Waals surface area (Å²) in [5, 5.41) is 5.64.